The van der Waals surface area contributed by atoms with E-state index >= 15 is 0 Å². The van der Waals surface area contributed by atoms with Crippen molar-refractivity contribution >= 4 is 34.6 Å². The molecule has 0 aliphatic rings. The second-order valence-corrected chi connectivity index (χ2v) is 4.96. The summed E-state index contributed by atoms with van der Waals surface area (Å²) in [4.78, 5) is 16.8. The molecular weight excluding hydrogens is 312 g/mol. The Kier molecular flexibility index (Phi) is 4.30. The third-order valence-electron chi connectivity index (χ3n) is 3.16. The van der Waals surface area contributed by atoms with Crippen molar-refractivity contribution in [1.29, 1.82) is 0 Å². The minimum Gasteiger partial charge on any atom is -0.455 e. The van der Waals surface area contributed by atoms with Crippen molar-refractivity contribution in [1.82, 2.24) is 19.9 Å². The standard InChI is InChI=1S/C17H13ClN4O/c1-3-12-11(6-5-8-19-12)13(4-2)23-14-7-9-20-17-16(14)22-15(18)10-21-17/h3-10H,1H2,2H3/b13-4+. The molecule has 0 aliphatic carbocycles. The predicted octanol–water partition coefficient (Wildman–Crippen LogP) is 4.16. The van der Waals surface area contributed by atoms with E-state index in [0.717, 1.165) is 11.3 Å². The molecule has 0 bridgehead atoms. The summed E-state index contributed by atoms with van der Waals surface area (Å²) in [5.74, 6) is 1.17. The van der Waals surface area contributed by atoms with Gasteiger partial charge in [0, 0.05) is 24.0 Å². The molecule has 114 valence electrons. The van der Waals surface area contributed by atoms with Crippen molar-refractivity contribution in [2.75, 3.05) is 0 Å². The van der Waals surface area contributed by atoms with Gasteiger partial charge in [0.2, 0.25) is 0 Å². The Labute approximate surface area is 138 Å². The van der Waals surface area contributed by atoms with Gasteiger partial charge in [-0.15, -0.1) is 0 Å². The number of hydrogen-bond acceptors (Lipinski definition) is 5. The topological polar surface area (TPSA) is 60.8 Å². The van der Waals surface area contributed by atoms with E-state index in [2.05, 4.69) is 26.5 Å². The van der Waals surface area contributed by atoms with Crippen molar-refractivity contribution in [3.05, 3.63) is 65.9 Å². The highest BCUT2D eigenvalue weighted by atomic mass is 35.5. The van der Waals surface area contributed by atoms with Gasteiger partial charge in [-0.25, -0.2) is 15.0 Å². The molecule has 0 N–H and O–H groups in total. The monoisotopic (exact) mass is 324 g/mol. The van der Waals surface area contributed by atoms with Crippen LogP contribution in [0.2, 0.25) is 5.15 Å². The molecule has 0 saturated heterocycles. The van der Waals surface area contributed by atoms with Crippen LogP contribution in [0.1, 0.15) is 18.2 Å². The van der Waals surface area contributed by atoms with Crippen molar-refractivity contribution in [3.8, 4) is 5.75 Å². The molecule has 23 heavy (non-hydrogen) atoms. The summed E-state index contributed by atoms with van der Waals surface area (Å²) in [5, 5.41) is 0.283. The Morgan fingerprint density at radius 2 is 2.09 bits per heavy atom. The second kappa shape index (κ2) is 6.54. The summed E-state index contributed by atoms with van der Waals surface area (Å²) in [6, 6.07) is 5.48. The summed E-state index contributed by atoms with van der Waals surface area (Å²) in [6.07, 6.45) is 8.32. The fourth-order valence-electron chi connectivity index (χ4n) is 2.13. The SMILES string of the molecule is C=Cc1ncccc1/C(=C\C)Oc1ccnc2ncc(Cl)nc12. The highest BCUT2D eigenvalue weighted by Gasteiger charge is 2.12. The number of ether oxygens (including phenoxy) is 1. The highest BCUT2D eigenvalue weighted by molar-refractivity contribution is 6.29. The molecule has 3 aromatic rings. The zero-order valence-corrected chi connectivity index (χ0v) is 13.2. The average molecular weight is 325 g/mol. The molecule has 0 atom stereocenters. The first kappa shape index (κ1) is 15.1. The first-order valence-electron chi connectivity index (χ1n) is 6.92. The molecule has 0 unspecified atom stereocenters. The fraction of sp³-hybridized carbons (Fsp3) is 0.0588. The minimum absolute atomic E-state index is 0.283. The van der Waals surface area contributed by atoms with Crippen molar-refractivity contribution in [3.63, 3.8) is 0 Å². The van der Waals surface area contributed by atoms with E-state index in [1.165, 1.54) is 6.20 Å². The van der Waals surface area contributed by atoms with Gasteiger partial charge in [-0.3, -0.25) is 4.98 Å². The molecule has 6 heteroatoms. The number of fused-ring (bicyclic) bond motifs is 1. The van der Waals surface area contributed by atoms with Gasteiger partial charge in [0.1, 0.15) is 10.9 Å². The number of nitrogens with zero attached hydrogens (tertiary/aromatic N) is 4. The molecule has 3 rings (SSSR count). The lowest BCUT2D eigenvalue weighted by Crippen LogP contribution is -2.00. The molecule has 0 saturated carbocycles. The summed E-state index contributed by atoms with van der Waals surface area (Å²) in [6.45, 7) is 5.67. The molecule has 0 fully saturated rings. The van der Waals surface area contributed by atoms with E-state index in [-0.39, 0.29) is 5.15 Å². The first-order chi connectivity index (χ1) is 11.2. The van der Waals surface area contributed by atoms with Gasteiger partial charge >= 0.3 is 0 Å². The van der Waals surface area contributed by atoms with Crippen molar-refractivity contribution in [2.24, 2.45) is 0 Å². The maximum Gasteiger partial charge on any atom is 0.182 e. The van der Waals surface area contributed by atoms with Gasteiger partial charge < -0.3 is 4.74 Å². The smallest absolute Gasteiger partial charge is 0.182 e. The lowest BCUT2D eigenvalue weighted by molar-refractivity contribution is 0.517. The third kappa shape index (κ3) is 3.05. The molecular formula is C17H13ClN4O. The molecule has 3 aromatic heterocycles. The lowest BCUT2D eigenvalue weighted by atomic mass is 10.1. The van der Waals surface area contributed by atoms with Crippen LogP contribution in [-0.4, -0.2) is 19.9 Å². The van der Waals surface area contributed by atoms with E-state index in [0.29, 0.717) is 22.7 Å². The van der Waals surface area contributed by atoms with Crippen LogP contribution < -0.4 is 4.74 Å². The van der Waals surface area contributed by atoms with Crippen LogP contribution in [0.25, 0.3) is 23.0 Å². The zero-order valence-electron chi connectivity index (χ0n) is 12.4. The van der Waals surface area contributed by atoms with Gasteiger partial charge in [-0.2, -0.15) is 0 Å². The van der Waals surface area contributed by atoms with E-state index < -0.39 is 0 Å². The van der Waals surface area contributed by atoms with E-state index in [1.807, 2.05) is 25.1 Å². The number of aromatic nitrogens is 4. The first-order valence-corrected chi connectivity index (χ1v) is 7.30. The Balaban J connectivity index is 2.07. The zero-order chi connectivity index (χ0) is 16.2. The molecule has 0 radical (unpaired) electrons. The molecule has 0 spiro atoms. The number of halogens is 1. The van der Waals surface area contributed by atoms with E-state index in [1.54, 1.807) is 24.5 Å². The molecule has 5 nitrogen and oxygen atoms in total. The third-order valence-corrected chi connectivity index (χ3v) is 3.34. The van der Waals surface area contributed by atoms with Crippen molar-refractivity contribution < 1.29 is 4.74 Å². The summed E-state index contributed by atoms with van der Waals surface area (Å²) < 4.78 is 6.03. The second-order valence-electron chi connectivity index (χ2n) is 4.57. The Morgan fingerprint density at radius 1 is 1.22 bits per heavy atom. The van der Waals surface area contributed by atoms with Crippen molar-refractivity contribution in [2.45, 2.75) is 6.92 Å². The average Bonchev–Trinajstić information content (AvgIpc) is 2.60. The van der Waals surface area contributed by atoms with E-state index in [4.69, 9.17) is 16.3 Å². The Bertz CT molecular complexity index is 908. The highest BCUT2D eigenvalue weighted by Crippen LogP contribution is 2.28. The summed E-state index contributed by atoms with van der Waals surface area (Å²) in [7, 11) is 0. The van der Waals surface area contributed by atoms with Crippen LogP contribution >= 0.6 is 11.6 Å². The molecule has 0 amide bonds. The fourth-order valence-corrected chi connectivity index (χ4v) is 2.27. The Hall–Kier alpha value is -2.79. The van der Waals surface area contributed by atoms with Gasteiger partial charge in [0.05, 0.1) is 11.9 Å². The van der Waals surface area contributed by atoms with Gasteiger partial charge in [-0.05, 0) is 31.2 Å². The number of pyridine rings is 2. The van der Waals surface area contributed by atoms with Crippen LogP contribution in [0.5, 0.6) is 5.75 Å². The van der Waals surface area contributed by atoms with Gasteiger partial charge in [0.15, 0.2) is 16.9 Å². The maximum atomic E-state index is 6.03. The van der Waals surface area contributed by atoms with Gasteiger partial charge in [0.25, 0.3) is 0 Å². The summed E-state index contributed by atoms with van der Waals surface area (Å²) >= 11 is 5.93. The number of allylic oxidation sites excluding steroid dienone is 1. The van der Waals surface area contributed by atoms with Crippen LogP contribution in [0, 0.1) is 0 Å². The number of hydrogen-bond donors (Lipinski definition) is 0. The predicted molar refractivity (Wildman–Crippen MR) is 91.0 cm³/mol. The molecule has 0 aliphatic heterocycles. The van der Waals surface area contributed by atoms with Gasteiger partial charge in [-0.1, -0.05) is 18.2 Å². The van der Waals surface area contributed by atoms with Crippen LogP contribution in [0.4, 0.5) is 0 Å². The van der Waals surface area contributed by atoms with Crippen LogP contribution in [0.3, 0.4) is 0 Å². The minimum atomic E-state index is 0.283. The summed E-state index contributed by atoms with van der Waals surface area (Å²) in [5.41, 5.74) is 2.55. The largest absolute Gasteiger partial charge is 0.455 e. The normalized spacial score (nSPS) is 11.5. The quantitative estimate of drug-likeness (QED) is 0.674. The van der Waals surface area contributed by atoms with Crippen LogP contribution in [-0.2, 0) is 0 Å². The lowest BCUT2D eigenvalue weighted by Gasteiger charge is -2.12. The molecule has 0 aromatic carbocycles. The molecule has 3 heterocycles. The van der Waals surface area contributed by atoms with Crippen LogP contribution in [0.15, 0.2) is 49.4 Å². The van der Waals surface area contributed by atoms with E-state index in [9.17, 15) is 0 Å². The number of rotatable bonds is 4. The maximum absolute atomic E-state index is 6.03. The Morgan fingerprint density at radius 3 is 2.87 bits per heavy atom.